The molecule has 0 bridgehead atoms. The van der Waals surface area contributed by atoms with E-state index < -0.39 is 0 Å². The summed E-state index contributed by atoms with van der Waals surface area (Å²) in [7, 11) is 0. The second kappa shape index (κ2) is 4.96. The second-order valence-electron chi connectivity index (χ2n) is 5.82. The Morgan fingerprint density at radius 2 is 1.14 bits per heavy atom. The van der Waals surface area contributed by atoms with Gasteiger partial charge in [0.25, 0.3) is 0 Å². The van der Waals surface area contributed by atoms with E-state index in [-0.39, 0.29) is 0 Å². The zero-order valence-electron chi connectivity index (χ0n) is 12.8. The maximum Gasteiger partial charge on any atom is 0.0794 e. The van der Waals surface area contributed by atoms with Crippen molar-refractivity contribution in [3.05, 3.63) is 89.0 Å². The molecule has 0 amide bonds. The van der Waals surface area contributed by atoms with Crippen LogP contribution >= 0.6 is 0 Å². The lowest BCUT2D eigenvalue weighted by molar-refractivity contribution is 1.32. The molecule has 0 N–H and O–H groups in total. The average Bonchev–Trinajstić information content (AvgIpc) is 2.86. The summed E-state index contributed by atoms with van der Waals surface area (Å²) < 4.78 is 0. The minimum absolute atomic E-state index is 1.02. The Balaban J connectivity index is 1.94. The van der Waals surface area contributed by atoms with Crippen molar-refractivity contribution in [2.75, 3.05) is 0 Å². The number of hydrogen-bond acceptors (Lipinski definition) is 1. The Morgan fingerprint density at radius 1 is 0.591 bits per heavy atom. The summed E-state index contributed by atoms with van der Waals surface area (Å²) in [4.78, 5) is 4.96. The first-order valence-electron chi connectivity index (χ1n) is 7.59. The van der Waals surface area contributed by atoms with Gasteiger partial charge in [0.15, 0.2) is 0 Å². The molecule has 3 aromatic rings. The van der Waals surface area contributed by atoms with Crippen LogP contribution < -0.4 is 0 Å². The molecule has 3 aromatic carbocycles. The van der Waals surface area contributed by atoms with E-state index in [1.807, 2.05) is 0 Å². The van der Waals surface area contributed by atoms with Crippen molar-refractivity contribution in [3.63, 3.8) is 0 Å². The molecule has 22 heavy (non-hydrogen) atoms. The number of fused-ring (bicyclic) bond motifs is 3. The van der Waals surface area contributed by atoms with Crippen molar-refractivity contribution in [3.8, 4) is 11.1 Å². The Kier molecular flexibility index (Phi) is 2.93. The number of nitrogens with zero attached hydrogens (tertiary/aromatic N) is 1. The van der Waals surface area contributed by atoms with Crippen molar-refractivity contribution in [2.24, 2.45) is 4.99 Å². The van der Waals surface area contributed by atoms with Crippen LogP contribution in [0.15, 0.2) is 71.7 Å². The molecule has 0 aromatic heterocycles. The van der Waals surface area contributed by atoms with E-state index in [1.54, 1.807) is 0 Å². The van der Waals surface area contributed by atoms with E-state index in [1.165, 1.54) is 33.4 Å². The molecular weight excluding hydrogens is 266 g/mol. The van der Waals surface area contributed by atoms with E-state index in [0.29, 0.717) is 0 Å². The third-order valence-corrected chi connectivity index (χ3v) is 4.39. The summed E-state index contributed by atoms with van der Waals surface area (Å²) in [6, 6.07) is 23.4. The standard InChI is InChI=1S/C21H17N/c1-14-11-12-16(13-15(14)2)22-21-19-9-5-3-7-17(19)18-8-4-6-10-20(18)21/h3-13H,1-2H3. The van der Waals surface area contributed by atoms with Crippen LogP contribution in [0.5, 0.6) is 0 Å². The van der Waals surface area contributed by atoms with Crippen molar-refractivity contribution < 1.29 is 0 Å². The fourth-order valence-electron chi connectivity index (χ4n) is 3.04. The first-order valence-corrected chi connectivity index (χ1v) is 7.59. The van der Waals surface area contributed by atoms with Gasteiger partial charge in [0.1, 0.15) is 0 Å². The van der Waals surface area contributed by atoms with Crippen LogP contribution in [0.1, 0.15) is 22.3 Å². The molecule has 0 saturated heterocycles. The third-order valence-electron chi connectivity index (χ3n) is 4.39. The van der Waals surface area contributed by atoms with Crippen LogP contribution in [0.2, 0.25) is 0 Å². The molecule has 1 aliphatic rings. The van der Waals surface area contributed by atoms with E-state index >= 15 is 0 Å². The molecule has 4 rings (SSSR count). The molecule has 0 saturated carbocycles. The van der Waals surface area contributed by atoms with Crippen LogP contribution in [-0.4, -0.2) is 5.71 Å². The molecule has 0 aliphatic heterocycles. The highest BCUT2D eigenvalue weighted by molar-refractivity contribution is 6.25. The van der Waals surface area contributed by atoms with Crippen molar-refractivity contribution in [1.29, 1.82) is 0 Å². The van der Waals surface area contributed by atoms with Gasteiger partial charge < -0.3 is 0 Å². The Labute approximate surface area is 131 Å². The second-order valence-corrected chi connectivity index (χ2v) is 5.82. The van der Waals surface area contributed by atoms with Crippen LogP contribution in [0.4, 0.5) is 5.69 Å². The van der Waals surface area contributed by atoms with Gasteiger partial charge in [-0.3, -0.25) is 0 Å². The molecular formula is C21H17N. The highest BCUT2D eigenvalue weighted by Gasteiger charge is 2.23. The lowest BCUT2D eigenvalue weighted by Gasteiger charge is -2.04. The van der Waals surface area contributed by atoms with E-state index in [2.05, 4.69) is 80.6 Å². The molecule has 0 spiro atoms. The smallest absolute Gasteiger partial charge is 0.0794 e. The minimum Gasteiger partial charge on any atom is -0.248 e. The van der Waals surface area contributed by atoms with Crippen molar-refractivity contribution in [2.45, 2.75) is 13.8 Å². The molecule has 0 heterocycles. The van der Waals surface area contributed by atoms with Gasteiger partial charge in [-0.05, 0) is 48.2 Å². The SMILES string of the molecule is Cc1ccc(N=C2c3ccccc3-c3ccccc32)cc1C. The van der Waals surface area contributed by atoms with Crippen LogP contribution in [0, 0.1) is 13.8 Å². The monoisotopic (exact) mass is 283 g/mol. The Bertz CT molecular complexity index is 856. The quantitative estimate of drug-likeness (QED) is 0.440. The lowest BCUT2D eigenvalue weighted by atomic mass is 10.1. The van der Waals surface area contributed by atoms with Gasteiger partial charge in [-0.1, -0.05) is 54.6 Å². The minimum atomic E-state index is 1.02. The van der Waals surface area contributed by atoms with Crippen LogP contribution in [0.3, 0.4) is 0 Å². The van der Waals surface area contributed by atoms with Gasteiger partial charge in [-0.25, -0.2) is 4.99 Å². The van der Waals surface area contributed by atoms with E-state index in [9.17, 15) is 0 Å². The van der Waals surface area contributed by atoms with E-state index in [4.69, 9.17) is 4.99 Å². The van der Waals surface area contributed by atoms with Crippen molar-refractivity contribution in [1.82, 2.24) is 0 Å². The van der Waals surface area contributed by atoms with Crippen molar-refractivity contribution >= 4 is 11.4 Å². The van der Waals surface area contributed by atoms with Gasteiger partial charge in [-0.2, -0.15) is 0 Å². The predicted octanol–water partition coefficient (Wildman–Crippen LogP) is 5.45. The van der Waals surface area contributed by atoms with Crippen LogP contribution in [0.25, 0.3) is 11.1 Å². The summed E-state index contributed by atoms with van der Waals surface area (Å²) in [6.07, 6.45) is 0. The maximum absolute atomic E-state index is 4.96. The summed E-state index contributed by atoms with van der Waals surface area (Å²) in [6.45, 7) is 4.27. The fourth-order valence-corrected chi connectivity index (χ4v) is 3.04. The van der Waals surface area contributed by atoms with Crippen LogP contribution in [-0.2, 0) is 0 Å². The number of aliphatic imine (C=N–C) groups is 1. The zero-order chi connectivity index (χ0) is 15.1. The molecule has 106 valence electrons. The Hall–Kier alpha value is -2.67. The summed E-state index contributed by atoms with van der Waals surface area (Å²) in [5, 5.41) is 0. The molecule has 1 nitrogen and oxygen atoms in total. The topological polar surface area (TPSA) is 12.4 Å². The fraction of sp³-hybridized carbons (Fsp3) is 0.0952. The molecule has 0 fully saturated rings. The van der Waals surface area contributed by atoms with Gasteiger partial charge in [-0.15, -0.1) is 0 Å². The van der Waals surface area contributed by atoms with Gasteiger partial charge in [0, 0.05) is 11.1 Å². The highest BCUT2D eigenvalue weighted by Crippen LogP contribution is 2.37. The normalized spacial score (nSPS) is 12.0. The van der Waals surface area contributed by atoms with Gasteiger partial charge in [0.05, 0.1) is 11.4 Å². The first kappa shape index (κ1) is 13.0. The predicted molar refractivity (Wildman–Crippen MR) is 93.1 cm³/mol. The van der Waals surface area contributed by atoms with Gasteiger partial charge in [0.2, 0.25) is 0 Å². The largest absolute Gasteiger partial charge is 0.248 e. The highest BCUT2D eigenvalue weighted by atomic mass is 14.8. The number of hydrogen-bond donors (Lipinski definition) is 0. The average molecular weight is 283 g/mol. The Morgan fingerprint density at radius 3 is 1.68 bits per heavy atom. The summed E-state index contributed by atoms with van der Waals surface area (Å²) in [5.74, 6) is 0. The number of aryl methyl sites for hydroxylation is 2. The molecule has 0 atom stereocenters. The summed E-state index contributed by atoms with van der Waals surface area (Å²) in [5.41, 5.74) is 9.68. The number of rotatable bonds is 1. The molecule has 1 heteroatoms. The van der Waals surface area contributed by atoms with E-state index in [0.717, 1.165) is 11.4 Å². The van der Waals surface area contributed by atoms with Gasteiger partial charge >= 0.3 is 0 Å². The first-order chi connectivity index (χ1) is 10.7. The molecule has 1 aliphatic carbocycles. The lowest BCUT2D eigenvalue weighted by Crippen LogP contribution is -1.97. The molecule has 0 unspecified atom stereocenters. The summed E-state index contributed by atoms with van der Waals surface area (Å²) >= 11 is 0. The number of benzene rings is 3. The third kappa shape index (κ3) is 1.98. The maximum atomic E-state index is 4.96. The molecule has 0 radical (unpaired) electrons. The zero-order valence-corrected chi connectivity index (χ0v) is 12.8.